The van der Waals surface area contributed by atoms with Gasteiger partial charge in [0.15, 0.2) is 9.84 Å². The summed E-state index contributed by atoms with van der Waals surface area (Å²) in [6.45, 7) is 3.17. The topological polar surface area (TPSA) is 68.5 Å². The average molecular weight is 271 g/mol. The van der Waals surface area contributed by atoms with Crippen LogP contribution in [0.3, 0.4) is 0 Å². The number of aryl methyl sites for hydroxylation is 1. The molecule has 100 valence electrons. The lowest BCUT2D eigenvalue weighted by atomic mass is 9.87. The van der Waals surface area contributed by atoms with Crippen LogP contribution in [0.4, 0.5) is 0 Å². The van der Waals surface area contributed by atoms with Crippen molar-refractivity contribution in [2.75, 3.05) is 24.7 Å². The van der Waals surface area contributed by atoms with Gasteiger partial charge in [-0.1, -0.05) is 0 Å². The van der Waals surface area contributed by atoms with Gasteiger partial charge in [0.1, 0.15) is 11.4 Å². The fourth-order valence-electron chi connectivity index (χ4n) is 2.95. The smallest absolute Gasteiger partial charge is 0.153 e. The molecule has 18 heavy (non-hydrogen) atoms. The Bertz CT molecular complexity index is 550. The van der Waals surface area contributed by atoms with Gasteiger partial charge in [0, 0.05) is 12.1 Å². The van der Waals surface area contributed by atoms with Gasteiger partial charge in [-0.2, -0.15) is 0 Å². The van der Waals surface area contributed by atoms with Crippen molar-refractivity contribution in [2.45, 2.75) is 25.0 Å². The van der Waals surface area contributed by atoms with Crippen LogP contribution in [-0.2, 0) is 14.6 Å². The fourth-order valence-corrected chi connectivity index (χ4v) is 4.89. The van der Waals surface area contributed by atoms with Gasteiger partial charge in [-0.15, -0.1) is 0 Å². The maximum Gasteiger partial charge on any atom is 0.153 e. The summed E-state index contributed by atoms with van der Waals surface area (Å²) in [5.74, 6) is 1.14. The summed E-state index contributed by atoms with van der Waals surface area (Å²) in [7, 11) is -2.98. The zero-order valence-corrected chi connectivity index (χ0v) is 11.1. The van der Waals surface area contributed by atoms with Crippen LogP contribution in [0.1, 0.15) is 23.8 Å². The Morgan fingerprint density at radius 1 is 1.50 bits per heavy atom. The van der Waals surface area contributed by atoms with Crippen LogP contribution in [-0.4, -0.2) is 38.7 Å². The second-order valence-electron chi connectivity index (χ2n) is 5.13. The van der Waals surface area contributed by atoms with Crippen molar-refractivity contribution in [3.8, 4) is 0 Å². The van der Waals surface area contributed by atoms with E-state index < -0.39 is 15.4 Å². The first kappa shape index (κ1) is 12.2. The van der Waals surface area contributed by atoms with Crippen LogP contribution in [0.15, 0.2) is 16.7 Å². The van der Waals surface area contributed by atoms with Crippen molar-refractivity contribution in [3.05, 3.63) is 23.7 Å². The molecule has 3 heterocycles. The highest BCUT2D eigenvalue weighted by molar-refractivity contribution is 7.91. The molecular weight excluding hydrogens is 254 g/mol. The lowest BCUT2D eigenvalue weighted by molar-refractivity contribution is -0.0800. The zero-order valence-electron chi connectivity index (χ0n) is 10.3. The molecule has 2 unspecified atom stereocenters. The van der Waals surface area contributed by atoms with Crippen molar-refractivity contribution < 1.29 is 17.6 Å². The van der Waals surface area contributed by atoms with E-state index in [1.165, 1.54) is 0 Å². The minimum atomic E-state index is -2.98. The Kier molecular flexibility index (Phi) is 2.76. The van der Waals surface area contributed by atoms with E-state index in [1.54, 1.807) is 6.26 Å². The second kappa shape index (κ2) is 4.08. The van der Waals surface area contributed by atoms with E-state index in [1.807, 2.05) is 13.0 Å². The summed E-state index contributed by atoms with van der Waals surface area (Å²) in [5.41, 5.74) is 0.359. The third kappa shape index (κ3) is 1.98. The van der Waals surface area contributed by atoms with Gasteiger partial charge in [0.05, 0.1) is 30.4 Å². The molecule has 2 aliphatic rings. The van der Waals surface area contributed by atoms with Gasteiger partial charge in [-0.05, 0) is 19.4 Å². The van der Waals surface area contributed by atoms with E-state index in [-0.39, 0.29) is 17.5 Å². The van der Waals surface area contributed by atoms with Crippen LogP contribution in [0.5, 0.6) is 0 Å². The molecule has 0 aliphatic carbocycles. The van der Waals surface area contributed by atoms with Crippen molar-refractivity contribution in [2.24, 2.45) is 0 Å². The van der Waals surface area contributed by atoms with Crippen molar-refractivity contribution in [1.29, 1.82) is 0 Å². The molecule has 0 bridgehead atoms. The van der Waals surface area contributed by atoms with Crippen molar-refractivity contribution in [1.82, 2.24) is 5.32 Å². The number of ether oxygens (including phenoxy) is 1. The Morgan fingerprint density at radius 3 is 2.94 bits per heavy atom. The monoisotopic (exact) mass is 271 g/mol. The first-order valence-electron chi connectivity index (χ1n) is 6.14. The zero-order chi connectivity index (χ0) is 12.8. The van der Waals surface area contributed by atoms with E-state index in [4.69, 9.17) is 9.15 Å². The Labute approximate surface area is 106 Å². The third-order valence-corrected chi connectivity index (χ3v) is 5.51. The van der Waals surface area contributed by atoms with E-state index in [2.05, 4.69) is 5.32 Å². The number of hydrogen-bond donors (Lipinski definition) is 1. The first-order chi connectivity index (χ1) is 8.51. The molecule has 2 aliphatic heterocycles. The molecule has 6 heteroatoms. The SMILES string of the molecule is Cc1cc(C2NCCOC23CCS(=O)(=O)C3)co1. The second-order valence-corrected chi connectivity index (χ2v) is 7.32. The van der Waals surface area contributed by atoms with Crippen LogP contribution >= 0.6 is 0 Å². The molecule has 1 N–H and O–H groups in total. The van der Waals surface area contributed by atoms with Crippen molar-refractivity contribution >= 4 is 9.84 Å². The van der Waals surface area contributed by atoms with E-state index >= 15 is 0 Å². The van der Waals surface area contributed by atoms with Gasteiger partial charge in [-0.25, -0.2) is 8.42 Å². The molecule has 0 saturated carbocycles. The molecule has 3 rings (SSSR count). The predicted octanol–water partition coefficient (Wildman–Crippen LogP) is 0.806. The van der Waals surface area contributed by atoms with Crippen LogP contribution in [0.25, 0.3) is 0 Å². The normalized spacial score (nSPS) is 35.1. The van der Waals surface area contributed by atoms with Gasteiger partial charge >= 0.3 is 0 Å². The van der Waals surface area contributed by atoms with Crippen LogP contribution in [0.2, 0.25) is 0 Å². The Hall–Kier alpha value is -0.850. The molecule has 2 atom stereocenters. The number of hydrogen-bond acceptors (Lipinski definition) is 5. The lowest BCUT2D eigenvalue weighted by Gasteiger charge is -2.40. The number of sulfone groups is 1. The molecular formula is C12H17NO4S. The first-order valence-corrected chi connectivity index (χ1v) is 7.96. The van der Waals surface area contributed by atoms with Gasteiger partial charge in [-0.3, -0.25) is 0 Å². The quantitative estimate of drug-likeness (QED) is 0.818. The van der Waals surface area contributed by atoms with Gasteiger partial charge in [0.2, 0.25) is 0 Å². The van der Waals surface area contributed by atoms with E-state index in [9.17, 15) is 8.42 Å². The highest BCUT2D eigenvalue weighted by Crippen LogP contribution is 2.40. The average Bonchev–Trinajstić information content (AvgIpc) is 2.85. The number of morpholine rings is 1. The minimum absolute atomic E-state index is 0.0963. The highest BCUT2D eigenvalue weighted by atomic mass is 32.2. The predicted molar refractivity (Wildman–Crippen MR) is 66.1 cm³/mol. The van der Waals surface area contributed by atoms with Crippen molar-refractivity contribution in [3.63, 3.8) is 0 Å². The summed E-state index contributed by atoms with van der Waals surface area (Å²) in [6.07, 6.45) is 2.24. The molecule has 5 nitrogen and oxygen atoms in total. The highest BCUT2D eigenvalue weighted by Gasteiger charge is 2.51. The molecule has 1 aromatic heterocycles. The summed E-state index contributed by atoms with van der Waals surface area (Å²) >= 11 is 0. The standard InChI is InChI=1S/C12H17NO4S/c1-9-6-10(7-16-9)11-12(17-4-3-13-11)2-5-18(14,15)8-12/h6-7,11,13H,2-5,8H2,1H3. The largest absolute Gasteiger partial charge is 0.469 e. The lowest BCUT2D eigenvalue weighted by Crippen LogP contribution is -2.53. The molecule has 0 aromatic carbocycles. The minimum Gasteiger partial charge on any atom is -0.469 e. The molecule has 2 saturated heterocycles. The fraction of sp³-hybridized carbons (Fsp3) is 0.667. The summed E-state index contributed by atoms with van der Waals surface area (Å²) in [5, 5.41) is 3.37. The number of nitrogens with one attached hydrogen (secondary N) is 1. The number of furan rings is 1. The Balaban J connectivity index is 1.96. The number of rotatable bonds is 1. The molecule has 1 aromatic rings. The molecule has 0 amide bonds. The summed E-state index contributed by atoms with van der Waals surface area (Å²) in [4.78, 5) is 0. The van der Waals surface area contributed by atoms with Gasteiger partial charge < -0.3 is 14.5 Å². The molecule has 2 fully saturated rings. The maximum atomic E-state index is 11.8. The third-order valence-electron chi connectivity index (χ3n) is 3.75. The van der Waals surface area contributed by atoms with Crippen LogP contribution < -0.4 is 5.32 Å². The maximum absolute atomic E-state index is 11.8. The Morgan fingerprint density at radius 2 is 2.33 bits per heavy atom. The summed E-state index contributed by atoms with van der Waals surface area (Å²) < 4.78 is 34.7. The van der Waals surface area contributed by atoms with Crippen LogP contribution in [0, 0.1) is 6.92 Å². The van der Waals surface area contributed by atoms with E-state index in [0.29, 0.717) is 13.0 Å². The molecule has 0 radical (unpaired) electrons. The van der Waals surface area contributed by atoms with E-state index in [0.717, 1.165) is 17.9 Å². The van der Waals surface area contributed by atoms with Gasteiger partial charge in [0.25, 0.3) is 0 Å². The summed E-state index contributed by atoms with van der Waals surface area (Å²) in [6, 6.07) is 1.85. The molecule has 1 spiro atoms.